The van der Waals surface area contributed by atoms with Crippen LogP contribution in [-0.2, 0) is 9.47 Å². The highest BCUT2D eigenvalue weighted by atomic mass is 16.5. The Morgan fingerprint density at radius 1 is 0.500 bits per heavy atom. The van der Waals surface area contributed by atoms with Crippen molar-refractivity contribution < 1.29 is 9.47 Å². The van der Waals surface area contributed by atoms with Crippen molar-refractivity contribution in [1.82, 2.24) is 9.80 Å². The molecule has 0 spiro atoms. The molecule has 2 heterocycles. The molecule has 0 aromatic carbocycles. The van der Waals surface area contributed by atoms with E-state index >= 15 is 0 Å². The molecule has 4 nitrogen and oxygen atoms in total. The van der Waals surface area contributed by atoms with Gasteiger partial charge in [-0.05, 0) is 177 Å². The van der Waals surface area contributed by atoms with Crippen LogP contribution in [0.5, 0.6) is 0 Å². The van der Waals surface area contributed by atoms with Gasteiger partial charge in [0.05, 0.1) is 24.4 Å². The number of ether oxygens (including phenoxy) is 2. The van der Waals surface area contributed by atoms with Crippen LogP contribution < -0.4 is 0 Å². The summed E-state index contributed by atoms with van der Waals surface area (Å²) in [6, 6.07) is 3.71. The van der Waals surface area contributed by atoms with Crippen molar-refractivity contribution in [1.29, 1.82) is 0 Å². The smallest absolute Gasteiger partial charge is 0.0769 e. The van der Waals surface area contributed by atoms with Gasteiger partial charge >= 0.3 is 0 Å². The molecule has 8 fully saturated rings. The van der Waals surface area contributed by atoms with Crippen molar-refractivity contribution in [3.63, 3.8) is 0 Å². The molecule has 390 valence electrons. The van der Waals surface area contributed by atoms with Crippen LogP contribution >= 0.6 is 0 Å². The van der Waals surface area contributed by atoms with Gasteiger partial charge in [0.2, 0.25) is 0 Å². The summed E-state index contributed by atoms with van der Waals surface area (Å²) in [5.74, 6) is 9.31. The fourth-order valence-corrected chi connectivity index (χ4v) is 20.9. The van der Waals surface area contributed by atoms with Gasteiger partial charge in [0.1, 0.15) is 0 Å². The van der Waals surface area contributed by atoms with Crippen molar-refractivity contribution in [2.24, 2.45) is 93.7 Å². The lowest BCUT2D eigenvalue weighted by Crippen LogP contribution is -2.65. The van der Waals surface area contributed by atoms with Gasteiger partial charge in [-0.15, -0.1) is 0 Å². The number of allylic oxidation sites excluding steroid dienone is 4. The lowest BCUT2D eigenvalue weighted by Gasteiger charge is -2.63. The second-order valence-electron chi connectivity index (χ2n) is 29.9. The molecule has 20 unspecified atom stereocenters. The number of rotatable bonds is 8. The molecule has 4 heteroatoms. The minimum Gasteiger partial charge on any atom is -0.372 e. The van der Waals surface area contributed by atoms with Crippen LogP contribution in [0.1, 0.15) is 210 Å². The summed E-state index contributed by atoms with van der Waals surface area (Å²) < 4.78 is 15.6. The molecule has 0 N–H and O–H groups in total. The third-order valence-corrected chi connectivity index (χ3v) is 23.9. The summed E-state index contributed by atoms with van der Waals surface area (Å²) in [5.41, 5.74) is 4.21. The topological polar surface area (TPSA) is 24.9 Å². The Morgan fingerprint density at radius 2 is 1.07 bits per heavy atom. The molecule has 2 aliphatic heterocycles. The van der Waals surface area contributed by atoms with E-state index in [1.54, 1.807) is 5.57 Å². The van der Waals surface area contributed by atoms with E-state index in [1.807, 2.05) is 5.57 Å². The van der Waals surface area contributed by atoms with Crippen LogP contribution in [0.2, 0.25) is 0 Å². The third kappa shape index (κ3) is 8.47. The molecular formula is C66H104N2O2. The quantitative estimate of drug-likeness (QED) is 0.226. The van der Waals surface area contributed by atoms with Gasteiger partial charge in [0.25, 0.3) is 0 Å². The number of fused-ring (bicyclic) bond motifs is 6. The molecule has 70 heavy (non-hydrogen) atoms. The van der Waals surface area contributed by atoms with Gasteiger partial charge in [-0.1, -0.05) is 169 Å². The van der Waals surface area contributed by atoms with E-state index in [9.17, 15) is 0 Å². The van der Waals surface area contributed by atoms with Gasteiger partial charge in [0.15, 0.2) is 0 Å². The fraction of sp³-hybridized carbons (Fsp3) is 0.879. The monoisotopic (exact) mass is 957 g/mol. The Morgan fingerprint density at radius 3 is 1.70 bits per heavy atom. The zero-order chi connectivity index (χ0) is 48.4. The molecule has 0 aromatic rings. The predicted octanol–water partition coefficient (Wildman–Crippen LogP) is 15.8. The second kappa shape index (κ2) is 19.4. The average Bonchev–Trinajstić information content (AvgIpc) is 3.93. The molecule has 0 bridgehead atoms. The Kier molecular flexibility index (Phi) is 13.8. The maximum Gasteiger partial charge on any atom is 0.0769 e. The standard InChI is InChI=1S/C66H104N2O2/c1-39(2)51-37-57(67(41-21-13-11-14-22-41)55-31-19-27-47-45-25-17-29-53(65(5,6)7)61(45)69-63(47)55)49-36-34-44-52(40(3)4)38-58(50-35-33-43(51)59(49)60(44)50)68(42-23-15-12-16-24-42)56-32-20-28-48-46-26-18-30-54(66(8,9)10)62(46)70-64(48)56/h17,25,33-36,39-42,44-50,52-64H,11-16,18-24,26-32,37-38H2,1-10H3. The zero-order valence-corrected chi connectivity index (χ0v) is 46.6. The first kappa shape index (κ1) is 49.7. The molecule has 12 aliphatic rings. The SMILES string of the molecule is CC(C)C1=C2C=CC3C4C(C=CC(C24)C(N(C2CCCCC2)C2CCCC4C5C=CCC(C(C)(C)C)C5OC42)C1)C(C(C)C)CC3N(C1CCCCC1)C1CCCC2C3CCCC(C(C)(C)C)C3OC21. The van der Waals surface area contributed by atoms with Crippen LogP contribution in [0.3, 0.4) is 0 Å². The molecule has 0 amide bonds. The molecule has 6 saturated carbocycles. The highest BCUT2D eigenvalue weighted by Crippen LogP contribution is 2.63. The minimum atomic E-state index is 0.264. The summed E-state index contributed by atoms with van der Waals surface area (Å²) in [6.07, 6.45) is 48.8. The van der Waals surface area contributed by atoms with E-state index in [0.29, 0.717) is 131 Å². The largest absolute Gasteiger partial charge is 0.372 e. The molecule has 12 rings (SSSR count). The summed E-state index contributed by atoms with van der Waals surface area (Å²) in [5, 5.41) is 0. The van der Waals surface area contributed by atoms with Crippen LogP contribution in [0.15, 0.2) is 47.6 Å². The van der Waals surface area contributed by atoms with Crippen molar-refractivity contribution in [2.75, 3.05) is 0 Å². The highest BCUT2D eigenvalue weighted by molar-refractivity contribution is 5.42. The van der Waals surface area contributed by atoms with Gasteiger partial charge in [0, 0.05) is 42.2 Å². The van der Waals surface area contributed by atoms with Gasteiger partial charge in [-0.2, -0.15) is 0 Å². The summed E-state index contributed by atoms with van der Waals surface area (Å²) >= 11 is 0. The number of hydrogen-bond donors (Lipinski definition) is 0. The van der Waals surface area contributed by atoms with E-state index in [1.165, 1.54) is 141 Å². The molecule has 0 radical (unpaired) electrons. The minimum absolute atomic E-state index is 0.264. The summed E-state index contributed by atoms with van der Waals surface area (Å²) in [6.45, 7) is 25.5. The molecule has 2 saturated heterocycles. The first-order valence-corrected chi connectivity index (χ1v) is 31.3. The summed E-state index contributed by atoms with van der Waals surface area (Å²) in [4.78, 5) is 6.71. The van der Waals surface area contributed by atoms with E-state index in [0.717, 1.165) is 17.8 Å². The zero-order valence-electron chi connectivity index (χ0n) is 46.6. The van der Waals surface area contributed by atoms with Crippen LogP contribution in [0, 0.1) is 93.7 Å². The Bertz CT molecular complexity index is 1970. The highest BCUT2D eigenvalue weighted by Gasteiger charge is 2.62. The lowest BCUT2D eigenvalue weighted by atomic mass is 9.48. The summed E-state index contributed by atoms with van der Waals surface area (Å²) in [7, 11) is 0. The maximum absolute atomic E-state index is 7.81. The predicted molar refractivity (Wildman–Crippen MR) is 290 cm³/mol. The van der Waals surface area contributed by atoms with Gasteiger partial charge in [-0.3, -0.25) is 9.80 Å². The number of hydrogen-bond acceptors (Lipinski definition) is 4. The van der Waals surface area contributed by atoms with Gasteiger partial charge < -0.3 is 9.47 Å². The average molecular weight is 958 g/mol. The van der Waals surface area contributed by atoms with E-state index in [4.69, 9.17) is 9.47 Å². The van der Waals surface area contributed by atoms with Crippen LogP contribution in [0.25, 0.3) is 0 Å². The lowest BCUT2D eigenvalue weighted by molar-refractivity contribution is -0.125. The van der Waals surface area contributed by atoms with E-state index in [2.05, 4.69) is 115 Å². The third-order valence-electron chi connectivity index (χ3n) is 23.9. The Labute approximate surface area is 429 Å². The van der Waals surface area contributed by atoms with Crippen molar-refractivity contribution in [3.8, 4) is 0 Å². The van der Waals surface area contributed by atoms with E-state index in [-0.39, 0.29) is 5.41 Å². The Hall–Kier alpha value is -1.20. The Balaban J connectivity index is 0.931. The second-order valence-corrected chi connectivity index (χ2v) is 29.9. The first-order valence-electron chi connectivity index (χ1n) is 31.3. The molecule has 0 aromatic heterocycles. The maximum atomic E-state index is 7.81. The van der Waals surface area contributed by atoms with Crippen molar-refractivity contribution in [2.45, 2.75) is 271 Å². The van der Waals surface area contributed by atoms with E-state index < -0.39 is 0 Å². The fourth-order valence-electron chi connectivity index (χ4n) is 20.9. The first-order chi connectivity index (χ1) is 33.7. The molecular weight excluding hydrogens is 853 g/mol. The number of nitrogens with zero attached hydrogens (tertiary/aromatic N) is 2. The van der Waals surface area contributed by atoms with Crippen molar-refractivity contribution in [3.05, 3.63) is 47.6 Å². The normalized spacial score (nSPS) is 46.4. The van der Waals surface area contributed by atoms with Crippen molar-refractivity contribution >= 4 is 0 Å². The van der Waals surface area contributed by atoms with Crippen LogP contribution in [-0.4, -0.2) is 70.5 Å². The van der Waals surface area contributed by atoms with Gasteiger partial charge in [-0.25, -0.2) is 0 Å². The van der Waals surface area contributed by atoms with Crippen LogP contribution in [0.4, 0.5) is 0 Å². The molecule has 10 aliphatic carbocycles. The molecule has 20 atom stereocenters.